The molecule has 8 heteroatoms. The van der Waals surface area contributed by atoms with Gasteiger partial charge in [-0.05, 0) is 47.7 Å². The number of sulfonamides is 1. The van der Waals surface area contributed by atoms with E-state index in [9.17, 15) is 13.2 Å². The van der Waals surface area contributed by atoms with Crippen molar-refractivity contribution in [3.05, 3.63) is 58.8 Å². The summed E-state index contributed by atoms with van der Waals surface area (Å²) in [6.45, 7) is 4.03. The van der Waals surface area contributed by atoms with E-state index in [1.807, 2.05) is 11.4 Å². The minimum Gasteiger partial charge on any atom is -0.497 e. The topological polar surface area (TPSA) is 72.9 Å². The molecule has 2 atom stereocenters. The molecule has 0 spiro atoms. The van der Waals surface area contributed by atoms with Crippen LogP contribution in [0.4, 0.5) is 0 Å². The summed E-state index contributed by atoms with van der Waals surface area (Å²) < 4.78 is 38.0. The zero-order valence-electron chi connectivity index (χ0n) is 15.1. The first-order chi connectivity index (χ1) is 12.9. The van der Waals surface area contributed by atoms with Gasteiger partial charge in [-0.25, -0.2) is 8.42 Å². The molecule has 0 unspecified atom stereocenters. The fourth-order valence-electron chi connectivity index (χ4n) is 3.34. The highest BCUT2D eigenvalue weighted by Gasteiger charge is 2.43. The van der Waals surface area contributed by atoms with Crippen LogP contribution in [0.2, 0.25) is 0 Å². The first kappa shape index (κ1) is 19.6. The minimum absolute atomic E-state index is 0.102. The normalized spacial score (nSPS) is 20.4. The molecule has 1 aromatic heterocycles. The molecule has 0 bridgehead atoms. The Balaban J connectivity index is 2.09. The second-order valence-electron chi connectivity index (χ2n) is 6.07. The number of fused-ring (bicyclic) bond motifs is 1. The van der Waals surface area contributed by atoms with Gasteiger partial charge in [0.25, 0.3) is 0 Å². The molecular formula is C19H21NO5S2. The predicted octanol–water partition coefficient (Wildman–Crippen LogP) is 2.81. The molecule has 0 amide bonds. The largest absolute Gasteiger partial charge is 0.497 e. The Hall–Kier alpha value is -2.16. The van der Waals surface area contributed by atoms with Crippen LogP contribution < -0.4 is 4.74 Å². The van der Waals surface area contributed by atoms with Crippen LogP contribution in [0.25, 0.3) is 0 Å². The van der Waals surface area contributed by atoms with Crippen LogP contribution in [-0.4, -0.2) is 45.5 Å². The third-order valence-electron chi connectivity index (χ3n) is 4.71. The highest BCUT2D eigenvalue weighted by Crippen LogP contribution is 2.37. The summed E-state index contributed by atoms with van der Waals surface area (Å²) in [5, 5.41) is 1.95. The zero-order chi connectivity index (χ0) is 19.6. The molecule has 0 aliphatic carbocycles. The number of methoxy groups -OCH3 is 2. The van der Waals surface area contributed by atoms with Gasteiger partial charge in [0.15, 0.2) is 0 Å². The molecule has 2 heterocycles. The summed E-state index contributed by atoms with van der Waals surface area (Å²) in [7, 11) is -1.14. The maximum atomic E-state index is 13.4. The molecule has 0 N–H and O–H groups in total. The Bertz CT molecular complexity index is 933. The van der Waals surface area contributed by atoms with Gasteiger partial charge in [0.1, 0.15) is 11.8 Å². The maximum absolute atomic E-state index is 13.4. The van der Waals surface area contributed by atoms with E-state index in [0.29, 0.717) is 12.2 Å². The smallest absolute Gasteiger partial charge is 0.325 e. The van der Waals surface area contributed by atoms with Crippen molar-refractivity contribution in [3.8, 4) is 5.75 Å². The molecular weight excluding hydrogens is 386 g/mol. The van der Waals surface area contributed by atoms with Crippen LogP contribution in [0.15, 0.2) is 53.3 Å². The van der Waals surface area contributed by atoms with Crippen molar-refractivity contribution in [2.24, 2.45) is 0 Å². The van der Waals surface area contributed by atoms with E-state index in [1.54, 1.807) is 29.5 Å². The Kier molecular flexibility index (Phi) is 5.69. The van der Waals surface area contributed by atoms with Crippen LogP contribution >= 0.6 is 11.3 Å². The van der Waals surface area contributed by atoms with Crippen LogP contribution in [0.3, 0.4) is 0 Å². The molecule has 1 aliphatic rings. The molecule has 0 radical (unpaired) electrons. The molecule has 2 aromatic rings. The Morgan fingerprint density at radius 1 is 1.26 bits per heavy atom. The fourth-order valence-corrected chi connectivity index (χ4v) is 5.87. The number of benzene rings is 1. The average molecular weight is 408 g/mol. The molecule has 0 saturated carbocycles. The second kappa shape index (κ2) is 7.84. The lowest BCUT2D eigenvalue weighted by Gasteiger charge is -2.31. The Labute approximate surface area is 163 Å². The van der Waals surface area contributed by atoms with Crippen molar-refractivity contribution in [3.63, 3.8) is 0 Å². The number of ether oxygens (including phenoxy) is 2. The number of thiophene rings is 1. The van der Waals surface area contributed by atoms with Gasteiger partial charge in [-0.1, -0.05) is 6.08 Å². The SMILES string of the molecule is C=C[C@H]1c2ccsc2CCN(S(=O)(=O)c2ccc(OC)cc2)[C@H]1C(=O)OC. The van der Waals surface area contributed by atoms with Crippen molar-refractivity contribution in [1.82, 2.24) is 4.31 Å². The van der Waals surface area contributed by atoms with E-state index in [0.717, 1.165) is 10.4 Å². The number of esters is 1. The van der Waals surface area contributed by atoms with E-state index >= 15 is 0 Å². The second-order valence-corrected chi connectivity index (χ2v) is 8.96. The number of nitrogens with zero attached hydrogens (tertiary/aromatic N) is 1. The van der Waals surface area contributed by atoms with Crippen molar-refractivity contribution < 1.29 is 22.7 Å². The van der Waals surface area contributed by atoms with Gasteiger partial charge in [-0.2, -0.15) is 4.31 Å². The quantitative estimate of drug-likeness (QED) is 0.563. The number of rotatable bonds is 5. The standard InChI is InChI=1S/C19H21NO5S2/c1-4-15-16-10-12-26-17(16)9-11-20(18(15)19(21)25-3)27(22,23)14-7-5-13(24-2)6-8-14/h4-8,10,12,15,18H,1,9,11H2,2-3H3/t15-,18+/m0/s1. The third-order valence-corrected chi connectivity index (χ3v) is 7.60. The van der Waals surface area contributed by atoms with Gasteiger partial charge < -0.3 is 9.47 Å². The van der Waals surface area contributed by atoms with E-state index in [4.69, 9.17) is 9.47 Å². The van der Waals surface area contributed by atoms with Gasteiger partial charge in [-0.15, -0.1) is 17.9 Å². The molecule has 0 saturated heterocycles. The van der Waals surface area contributed by atoms with Gasteiger partial charge in [0.05, 0.1) is 19.1 Å². The molecule has 144 valence electrons. The third kappa shape index (κ3) is 3.52. The number of hydrogen-bond donors (Lipinski definition) is 0. The number of carbonyl (C=O) groups excluding carboxylic acids is 1. The highest BCUT2D eigenvalue weighted by molar-refractivity contribution is 7.89. The Morgan fingerprint density at radius 2 is 1.96 bits per heavy atom. The molecule has 0 fully saturated rings. The summed E-state index contributed by atoms with van der Waals surface area (Å²) in [6, 6.07) is 7.04. The van der Waals surface area contributed by atoms with E-state index in [2.05, 4.69) is 6.58 Å². The molecule has 27 heavy (non-hydrogen) atoms. The highest BCUT2D eigenvalue weighted by atomic mass is 32.2. The van der Waals surface area contributed by atoms with Gasteiger partial charge >= 0.3 is 5.97 Å². The van der Waals surface area contributed by atoms with Crippen molar-refractivity contribution in [2.45, 2.75) is 23.3 Å². The fraction of sp³-hybridized carbons (Fsp3) is 0.316. The summed E-state index contributed by atoms with van der Waals surface area (Å²) in [4.78, 5) is 13.8. The lowest BCUT2D eigenvalue weighted by molar-refractivity contribution is -0.145. The number of carbonyl (C=O) groups is 1. The van der Waals surface area contributed by atoms with E-state index < -0.39 is 28.0 Å². The summed E-state index contributed by atoms with van der Waals surface area (Å²) >= 11 is 1.55. The lowest BCUT2D eigenvalue weighted by Crippen LogP contribution is -2.48. The van der Waals surface area contributed by atoms with E-state index in [-0.39, 0.29) is 11.4 Å². The summed E-state index contributed by atoms with van der Waals surface area (Å²) in [6.07, 6.45) is 2.15. The van der Waals surface area contributed by atoms with Gasteiger partial charge in [-0.3, -0.25) is 4.79 Å². The van der Waals surface area contributed by atoms with Gasteiger partial charge in [0, 0.05) is 17.3 Å². The lowest BCUT2D eigenvalue weighted by atomic mass is 9.92. The molecule has 1 aliphatic heterocycles. The Morgan fingerprint density at radius 3 is 2.56 bits per heavy atom. The van der Waals surface area contributed by atoms with Crippen molar-refractivity contribution >= 4 is 27.3 Å². The van der Waals surface area contributed by atoms with Crippen LogP contribution in [0.5, 0.6) is 5.75 Å². The van der Waals surface area contributed by atoms with Crippen LogP contribution in [0, 0.1) is 0 Å². The molecule has 1 aromatic carbocycles. The first-order valence-corrected chi connectivity index (χ1v) is 10.7. The van der Waals surface area contributed by atoms with Crippen molar-refractivity contribution in [2.75, 3.05) is 20.8 Å². The summed E-state index contributed by atoms with van der Waals surface area (Å²) in [5.74, 6) is -0.522. The summed E-state index contributed by atoms with van der Waals surface area (Å²) in [5.41, 5.74) is 0.929. The van der Waals surface area contributed by atoms with Crippen LogP contribution in [-0.2, 0) is 26.0 Å². The van der Waals surface area contributed by atoms with Crippen molar-refractivity contribution in [1.29, 1.82) is 0 Å². The van der Waals surface area contributed by atoms with E-state index in [1.165, 1.54) is 30.7 Å². The van der Waals surface area contributed by atoms with Gasteiger partial charge in [0.2, 0.25) is 10.0 Å². The predicted molar refractivity (Wildman–Crippen MR) is 104 cm³/mol. The first-order valence-electron chi connectivity index (χ1n) is 8.36. The maximum Gasteiger partial charge on any atom is 0.325 e. The molecule has 6 nitrogen and oxygen atoms in total. The van der Waals surface area contributed by atoms with Crippen LogP contribution in [0.1, 0.15) is 16.4 Å². The number of hydrogen-bond acceptors (Lipinski definition) is 6. The molecule has 3 rings (SSSR count). The minimum atomic E-state index is -3.92. The average Bonchev–Trinajstić information content (AvgIpc) is 3.08. The zero-order valence-corrected chi connectivity index (χ0v) is 16.8. The monoisotopic (exact) mass is 407 g/mol.